The van der Waals surface area contributed by atoms with Crippen LogP contribution < -0.4 is 5.73 Å². The average Bonchev–Trinajstić information content (AvgIpc) is 2.60. The number of nitrogens with zero attached hydrogens (tertiary/aromatic N) is 4. The third-order valence-corrected chi connectivity index (χ3v) is 2.03. The van der Waals surface area contributed by atoms with Gasteiger partial charge in [-0.2, -0.15) is 5.10 Å². The molecule has 0 aliphatic rings. The lowest BCUT2D eigenvalue weighted by Crippen LogP contribution is -1.99. The van der Waals surface area contributed by atoms with Gasteiger partial charge in [-0.25, -0.2) is 4.98 Å². The van der Waals surface area contributed by atoms with Crippen molar-refractivity contribution in [3.63, 3.8) is 0 Å². The fourth-order valence-electron chi connectivity index (χ4n) is 1.35. The third-order valence-electron chi connectivity index (χ3n) is 2.03. The summed E-state index contributed by atoms with van der Waals surface area (Å²) in [6.45, 7) is 0. The van der Waals surface area contributed by atoms with Gasteiger partial charge in [-0.05, 0) is 0 Å². The molecule has 0 spiro atoms. The van der Waals surface area contributed by atoms with Crippen LogP contribution in [-0.4, -0.2) is 19.3 Å². The predicted molar refractivity (Wildman–Crippen MR) is 49.8 cm³/mol. The van der Waals surface area contributed by atoms with Crippen LogP contribution in [0.15, 0.2) is 18.7 Å². The second kappa shape index (κ2) is 2.62. The number of aromatic nitrogens is 4. The lowest BCUT2D eigenvalue weighted by Gasteiger charge is -2.03. The minimum Gasteiger partial charge on any atom is -0.396 e. The van der Waals surface area contributed by atoms with Crippen LogP contribution in [0.2, 0.25) is 0 Å². The molecule has 0 aliphatic carbocycles. The zero-order valence-corrected chi connectivity index (χ0v) is 7.60. The Morgan fingerprint density at radius 1 is 1.31 bits per heavy atom. The highest BCUT2D eigenvalue weighted by Crippen LogP contribution is 2.23. The standard InChI is InChI=1S/C8H11N5/c1-12-5-10-4-7(12)8-6(9)3-11-13(8)2/h3-5H,9H2,1-2H3. The van der Waals surface area contributed by atoms with Gasteiger partial charge < -0.3 is 10.3 Å². The van der Waals surface area contributed by atoms with Gasteiger partial charge in [-0.3, -0.25) is 4.68 Å². The zero-order chi connectivity index (χ0) is 9.42. The van der Waals surface area contributed by atoms with Gasteiger partial charge in [-0.15, -0.1) is 0 Å². The molecule has 5 nitrogen and oxygen atoms in total. The average molecular weight is 177 g/mol. The molecule has 2 rings (SSSR count). The topological polar surface area (TPSA) is 61.7 Å². The SMILES string of the molecule is Cn1cncc1-c1c(N)cnn1C. The van der Waals surface area contributed by atoms with Crippen LogP contribution in [0.25, 0.3) is 11.4 Å². The van der Waals surface area contributed by atoms with Crippen molar-refractivity contribution >= 4 is 5.69 Å². The second-order valence-electron chi connectivity index (χ2n) is 2.96. The van der Waals surface area contributed by atoms with E-state index in [4.69, 9.17) is 5.73 Å². The fourth-order valence-corrected chi connectivity index (χ4v) is 1.35. The first kappa shape index (κ1) is 7.85. The Morgan fingerprint density at radius 2 is 2.08 bits per heavy atom. The quantitative estimate of drug-likeness (QED) is 0.686. The van der Waals surface area contributed by atoms with Crippen molar-refractivity contribution in [1.82, 2.24) is 19.3 Å². The van der Waals surface area contributed by atoms with E-state index in [-0.39, 0.29) is 0 Å². The van der Waals surface area contributed by atoms with E-state index in [1.54, 1.807) is 23.4 Å². The number of imidazole rings is 1. The third kappa shape index (κ3) is 1.09. The predicted octanol–water partition coefficient (Wildman–Crippen LogP) is 0.403. The summed E-state index contributed by atoms with van der Waals surface area (Å²) < 4.78 is 3.65. The van der Waals surface area contributed by atoms with Crippen molar-refractivity contribution in [2.24, 2.45) is 14.1 Å². The molecule has 0 amide bonds. The molecule has 5 heteroatoms. The summed E-state index contributed by atoms with van der Waals surface area (Å²) in [7, 11) is 3.79. The van der Waals surface area contributed by atoms with Crippen LogP contribution in [0.3, 0.4) is 0 Å². The summed E-state index contributed by atoms with van der Waals surface area (Å²) >= 11 is 0. The highest BCUT2D eigenvalue weighted by Gasteiger charge is 2.10. The van der Waals surface area contributed by atoms with Crippen LogP contribution in [0, 0.1) is 0 Å². The highest BCUT2D eigenvalue weighted by molar-refractivity contribution is 5.69. The Morgan fingerprint density at radius 3 is 2.54 bits per heavy atom. The minimum atomic E-state index is 0.672. The molecule has 2 aromatic rings. The van der Waals surface area contributed by atoms with Crippen molar-refractivity contribution in [3.05, 3.63) is 18.7 Å². The van der Waals surface area contributed by atoms with Gasteiger partial charge >= 0.3 is 0 Å². The number of rotatable bonds is 1. The Balaban J connectivity index is 2.64. The molecule has 0 radical (unpaired) electrons. The molecule has 0 fully saturated rings. The first-order chi connectivity index (χ1) is 6.20. The summed E-state index contributed by atoms with van der Waals surface area (Å²) in [6.07, 6.45) is 5.15. The molecule has 0 saturated heterocycles. The molecular weight excluding hydrogens is 166 g/mol. The molecule has 13 heavy (non-hydrogen) atoms. The van der Waals surface area contributed by atoms with Gasteiger partial charge in [0.1, 0.15) is 5.69 Å². The molecule has 0 bridgehead atoms. The Bertz CT molecular complexity index is 406. The maximum Gasteiger partial charge on any atom is 0.109 e. The van der Waals surface area contributed by atoms with E-state index in [1.165, 1.54) is 0 Å². The van der Waals surface area contributed by atoms with Crippen LogP contribution in [0.5, 0.6) is 0 Å². The van der Waals surface area contributed by atoms with Crippen molar-refractivity contribution in [2.75, 3.05) is 5.73 Å². The lowest BCUT2D eigenvalue weighted by molar-refractivity contribution is 0.766. The van der Waals surface area contributed by atoms with Gasteiger partial charge in [0.25, 0.3) is 0 Å². The van der Waals surface area contributed by atoms with E-state index in [9.17, 15) is 0 Å². The van der Waals surface area contributed by atoms with Crippen molar-refractivity contribution in [1.29, 1.82) is 0 Å². The highest BCUT2D eigenvalue weighted by atomic mass is 15.3. The van der Waals surface area contributed by atoms with Crippen LogP contribution in [0.1, 0.15) is 0 Å². The van der Waals surface area contributed by atoms with Crippen molar-refractivity contribution in [2.45, 2.75) is 0 Å². The molecule has 2 aromatic heterocycles. The number of aryl methyl sites for hydroxylation is 2. The first-order valence-corrected chi connectivity index (χ1v) is 3.94. The lowest BCUT2D eigenvalue weighted by atomic mass is 10.3. The van der Waals surface area contributed by atoms with E-state index in [2.05, 4.69) is 10.1 Å². The van der Waals surface area contributed by atoms with Gasteiger partial charge in [0.05, 0.1) is 30.1 Å². The van der Waals surface area contributed by atoms with E-state index in [0.29, 0.717) is 5.69 Å². The Kier molecular flexibility index (Phi) is 1.58. The molecule has 2 N–H and O–H groups in total. The number of hydrogen-bond donors (Lipinski definition) is 1. The molecule has 0 unspecified atom stereocenters. The first-order valence-electron chi connectivity index (χ1n) is 3.94. The van der Waals surface area contributed by atoms with Gasteiger partial charge in [0.15, 0.2) is 0 Å². The summed E-state index contributed by atoms with van der Waals surface area (Å²) in [6, 6.07) is 0. The largest absolute Gasteiger partial charge is 0.396 e. The van der Waals surface area contributed by atoms with E-state index in [0.717, 1.165) is 11.4 Å². The maximum absolute atomic E-state index is 5.78. The maximum atomic E-state index is 5.78. The second-order valence-corrected chi connectivity index (χ2v) is 2.96. The molecule has 0 aromatic carbocycles. The molecule has 2 heterocycles. The van der Waals surface area contributed by atoms with E-state index >= 15 is 0 Å². The molecule has 68 valence electrons. The molecular formula is C8H11N5. The number of anilines is 1. The van der Waals surface area contributed by atoms with Crippen LogP contribution >= 0.6 is 0 Å². The summed E-state index contributed by atoms with van der Waals surface area (Å²) in [4.78, 5) is 4.03. The Labute approximate surface area is 75.8 Å². The summed E-state index contributed by atoms with van der Waals surface area (Å²) in [5.41, 5.74) is 8.32. The number of nitrogen functional groups attached to an aromatic ring is 1. The smallest absolute Gasteiger partial charge is 0.109 e. The molecule has 0 saturated carbocycles. The number of nitrogens with two attached hydrogens (primary N) is 1. The van der Waals surface area contributed by atoms with E-state index in [1.807, 2.05) is 18.7 Å². The van der Waals surface area contributed by atoms with Crippen LogP contribution in [0.4, 0.5) is 5.69 Å². The van der Waals surface area contributed by atoms with Gasteiger partial charge in [0, 0.05) is 14.1 Å². The normalized spacial score (nSPS) is 10.6. The van der Waals surface area contributed by atoms with Crippen molar-refractivity contribution in [3.8, 4) is 11.4 Å². The van der Waals surface area contributed by atoms with Gasteiger partial charge in [-0.1, -0.05) is 0 Å². The van der Waals surface area contributed by atoms with E-state index < -0.39 is 0 Å². The minimum absolute atomic E-state index is 0.672. The zero-order valence-electron chi connectivity index (χ0n) is 7.60. The van der Waals surface area contributed by atoms with Crippen molar-refractivity contribution < 1.29 is 0 Å². The molecule has 0 atom stereocenters. The van der Waals surface area contributed by atoms with Crippen LogP contribution in [-0.2, 0) is 14.1 Å². The van der Waals surface area contributed by atoms with Gasteiger partial charge in [0.2, 0.25) is 0 Å². The Hall–Kier alpha value is -1.78. The molecule has 0 aliphatic heterocycles. The number of hydrogen-bond acceptors (Lipinski definition) is 3. The summed E-state index contributed by atoms with van der Waals surface area (Å²) in [5, 5.41) is 4.06. The summed E-state index contributed by atoms with van der Waals surface area (Å²) in [5.74, 6) is 0. The fraction of sp³-hybridized carbons (Fsp3) is 0.250. The monoisotopic (exact) mass is 177 g/mol.